The second-order valence-electron chi connectivity index (χ2n) is 6.66. The van der Waals surface area contributed by atoms with Crippen molar-refractivity contribution in [3.05, 3.63) is 34.9 Å². The number of hydrogen-bond acceptors (Lipinski definition) is 1. The molecule has 0 aliphatic rings. The highest BCUT2D eigenvalue weighted by molar-refractivity contribution is 6.74. The molecule has 0 heterocycles. The average molecular weight is 264 g/mol. The monoisotopic (exact) mass is 264 g/mol. The summed E-state index contributed by atoms with van der Waals surface area (Å²) in [7, 11) is -1.63. The molecule has 0 N–H and O–H groups in total. The Hall–Kier alpha value is -0.603. The van der Waals surface area contributed by atoms with Crippen LogP contribution in [0.4, 0.5) is 0 Å². The van der Waals surface area contributed by atoms with Crippen molar-refractivity contribution in [3.8, 4) is 0 Å². The molecule has 1 aromatic carbocycles. The molecule has 1 aromatic rings. The third-order valence-corrected chi connectivity index (χ3v) is 8.67. The van der Waals surface area contributed by atoms with Crippen molar-refractivity contribution in [3.63, 3.8) is 0 Å². The molecule has 0 radical (unpaired) electrons. The van der Waals surface area contributed by atoms with E-state index in [4.69, 9.17) is 4.43 Å². The highest BCUT2D eigenvalue weighted by atomic mass is 28.4. The van der Waals surface area contributed by atoms with Gasteiger partial charge in [0.15, 0.2) is 8.32 Å². The van der Waals surface area contributed by atoms with E-state index in [-0.39, 0.29) is 5.04 Å². The Morgan fingerprint density at radius 2 is 1.78 bits per heavy atom. The van der Waals surface area contributed by atoms with Gasteiger partial charge >= 0.3 is 0 Å². The molecule has 102 valence electrons. The van der Waals surface area contributed by atoms with E-state index >= 15 is 0 Å². The molecule has 1 nitrogen and oxygen atoms in total. The minimum absolute atomic E-state index is 0.283. The van der Waals surface area contributed by atoms with Gasteiger partial charge in [0.2, 0.25) is 0 Å². The summed E-state index contributed by atoms with van der Waals surface area (Å²) in [5.74, 6) is 0. The van der Waals surface area contributed by atoms with Gasteiger partial charge in [0.1, 0.15) is 0 Å². The molecule has 0 bridgehead atoms. The molecule has 0 saturated heterocycles. The molecule has 0 aliphatic heterocycles. The second kappa shape index (κ2) is 5.58. The van der Waals surface area contributed by atoms with Crippen LogP contribution in [0.15, 0.2) is 18.2 Å². The lowest BCUT2D eigenvalue weighted by Crippen LogP contribution is -2.40. The maximum Gasteiger partial charge on any atom is 0.192 e. The van der Waals surface area contributed by atoms with Gasteiger partial charge in [0.25, 0.3) is 0 Å². The van der Waals surface area contributed by atoms with Crippen LogP contribution in [0.25, 0.3) is 0 Å². The van der Waals surface area contributed by atoms with Gasteiger partial charge in [0, 0.05) is 0 Å². The fourth-order valence-corrected chi connectivity index (χ4v) is 2.69. The molecule has 0 spiro atoms. The van der Waals surface area contributed by atoms with Gasteiger partial charge in [-0.1, -0.05) is 45.9 Å². The van der Waals surface area contributed by atoms with Crippen molar-refractivity contribution < 1.29 is 4.43 Å². The topological polar surface area (TPSA) is 9.23 Å². The molecule has 2 heteroatoms. The normalized spacial score (nSPS) is 12.8. The van der Waals surface area contributed by atoms with Crippen LogP contribution in [0.5, 0.6) is 0 Å². The third kappa shape index (κ3) is 3.69. The van der Waals surface area contributed by atoms with Crippen LogP contribution >= 0.6 is 0 Å². The molecular formula is C16H28OSi. The zero-order valence-corrected chi connectivity index (χ0v) is 14.1. The fraction of sp³-hybridized carbons (Fsp3) is 0.625. The molecule has 0 fully saturated rings. The first-order chi connectivity index (χ1) is 8.17. The summed E-state index contributed by atoms with van der Waals surface area (Å²) in [4.78, 5) is 0. The number of aryl methyl sites for hydroxylation is 2. The van der Waals surface area contributed by atoms with Crippen molar-refractivity contribution >= 4 is 8.32 Å². The highest BCUT2D eigenvalue weighted by Gasteiger charge is 2.36. The summed E-state index contributed by atoms with van der Waals surface area (Å²) in [5.41, 5.74) is 4.12. The first-order valence-corrected chi connectivity index (χ1v) is 9.80. The van der Waals surface area contributed by atoms with Crippen LogP contribution in [-0.2, 0) is 17.5 Å². The van der Waals surface area contributed by atoms with Crippen LogP contribution in [-0.4, -0.2) is 8.32 Å². The van der Waals surface area contributed by atoms with Gasteiger partial charge < -0.3 is 4.43 Å². The van der Waals surface area contributed by atoms with E-state index < -0.39 is 8.32 Å². The lowest BCUT2D eigenvalue weighted by molar-refractivity contribution is 0.276. The summed E-state index contributed by atoms with van der Waals surface area (Å²) in [6.07, 6.45) is 1.11. The second-order valence-corrected chi connectivity index (χ2v) is 11.5. The standard InChI is InChI=1S/C16H28OSi/c1-8-15-10-9-14(11-13(15)2)12-17-18(6,7)16(3,4)5/h9-11H,8,12H2,1-7H3. The molecule has 0 amide bonds. The van der Waals surface area contributed by atoms with E-state index in [2.05, 4.69) is 65.9 Å². The smallest absolute Gasteiger partial charge is 0.192 e. The number of rotatable bonds is 4. The largest absolute Gasteiger partial charge is 0.413 e. The summed E-state index contributed by atoms with van der Waals surface area (Å²) in [6.45, 7) is 16.6. The van der Waals surface area contributed by atoms with Crippen LogP contribution in [0.1, 0.15) is 44.4 Å². The van der Waals surface area contributed by atoms with E-state index in [1.54, 1.807) is 0 Å². The Bertz CT molecular complexity index is 402. The van der Waals surface area contributed by atoms with Crippen molar-refractivity contribution in [2.75, 3.05) is 0 Å². The van der Waals surface area contributed by atoms with E-state index in [9.17, 15) is 0 Å². The molecule has 0 aliphatic carbocycles. The van der Waals surface area contributed by atoms with E-state index in [1.165, 1.54) is 16.7 Å². The van der Waals surface area contributed by atoms with Gasteiger partial charge in [-0.25, -0.2) is 0 Å². The van der Waals surface area contributed by atoms with E-state index in [0.717, 1.165) is 13.0 Å². The van der Waals surface area contributed by atoms with Gasteiger partial charge in [-0.2, -0.15) is 0 Å². The molecule has 0 aromatic heterocycles. The predicted molar refractivity (Wildman–Crippen MR) is 82.5 cm³/mol. The third-order valence-electron chi connectivity index (χ3n) is 4.19. The lowest BCUT2D eigenvalue weighted by Gasteiger charge is -2.36. The molecular weight excluding hydrogens is 236 g/mol. The Morgan fingerprint density at radius 3 is 2.22 bits per heavy atom. The minimum atomic E-state index is -1.63. The molecule has 18 heavy (non-hydrogen) atoms. The Balaban J connectivity index is 2.73. The summed E-state index contributed by atoms with van der Waals surface area (Å²) < 4.78 is 6.25. The van der Waals surface area contributed by atoms with Crippen LogP contribution in [0, 0.1) is 6.92 Å². The van der Waals surface area contributed by atoms with Crippen molar-refractivity contribution in [1.29, 1.82) is 0 Å². The number of hydrogen-bond donors (Lipinski definition) is 0. The molecule has 0 unspecified atom stereocenters. The average Bonchev–Trinajstić information content (AvgIpc) is 2.25. The molecule has 0 saturated carbocycles. The Labute approximate surface area is 114 Å². The minimum Gasteiger partial charge on any atom is -0.413 e. The van der Waals surface area contributed by atoms with Crippen molar-refractivity contribution in [1.82, 2.24) is 0 Å². The summed E-state index contributed by atoms with van der Waals surface area (Å²) in [6, 6.07) is 6.71. The lowest BCUT2D eigenvalue weighted by atomic mass is 10.0. The van der Waals surface area contributed by atoms with Gasteiger partial charge in [-0.05, 0) is 48.2 Å². The molecule has 1 rings (SSSR count). The van der Waals surface area contributed by atoms with Gasteiger partial charge in [-0.15, -0.1) is 0 Å². The van der Waals surface area contributed by atoms with Crippen LogP contribution in [0.3, 0.4) is 0 Å². The van der Waals surface area contributed by atoms with Crippen LogP contribution in [0.2, 0.25) is 18.1 Å². The number of benzene rings is 1. The quantitative estimate of drug-likeness (QED) is 0.689. The molecule has 0 atom stereocenters. The fourth-order valence-electron chi connectivity index (χ4n) is 1.72. The maximum absolute atomic E-state index is 6.25. The predicted octanol–water partition coefficient (Wildman–Crippen LogP) is 5.08. The summed E-state index contributed by atoms with van der Waals surface area (Å²) >= 11 is 0. The Kier molecular flexibility index (Phi) is 4.79. The highest BCUT2D eigenvalue weighted by Crippen LogP contribution is 2.37. The zero-order chi connectivity index (χ0) is 14.0. The van der Waals surface area contributed by atoms with Crippen molar-refractivity contribution in [2.45, 2.75) is 65.8 Å². The van der Waals surface area contributed by atoms with Gasteiger partial charge in [0.05, 0.1) is 6.61 Å². The Morgan fingerprint density at radius 1 is 1.17 bits per heavy atom. The SMILES string of the molecule is CCc1ccc(CO[Si](C)(C)C(C)(C)C)cc1C. The van der Waals surface area contributed by atoms with Gasteiger partial charge in [-0.3, -0.25) is 0 Å². The summed E-state index contributed by atoms with van der Waals surface area (Å²) in [5, 5.41) is 0.283. The van der Waals surface area contributed by atoms with Crippen molar-refractivity contribution in [2.24, 2.45) is 0 Å². The zero-order valence-electron chi connectivity index (χ0n) is 13.1. The van der Waals surface area contributed by atoms with Crippen LogP contribution < -0.4 is 0 Å². The first-order valence-electron chi connectivity index (χ1n) is 6.90. The first kappa shape index (κ1) is 15.5. The van der Waals surface area contributed by atoms with E-state index in [1.807, 2.05) is 0 Å². The maximum atomic E-state index is 6.25. The van der Waals surface area contributed by atoms with E-state index in [0.29, 0.717) is 0 Å².